The van der Waals surface area contributed by atoms with Gasteiger partial charge in [-0.25, -0.2) is 0 Å². The first-order valence-corrected chi connectivity index (χ1v) is 23.3. The predicted molar refractivity (Wildman–Crippen MR) is 139 cm³/mol. The fraction of sp³-hybridized carbons (Fsp3) is 1.00. The smallest absolute Gasteiger partial charge is 0.329 e. The fourth-order valence-electron chi connectivity index (χ4n) is 0.960. The molecule has 0 amide bonds. The molecule has 0 heterocycles. The first-order chi connectivity index (χ1) is 17.1. The van der Waals surface area contributed by atoms with Crippen LogP contribution >= 0.6 is 60.8 Å². The van der Waals surface area contributed by atoms with E-state index in [9.17, 15) is 36.5 Å². The first kappa shape index (κ1) is 51.7. The maximum Gasteiger partial charge on any atom is 0.337 e. The second-order valence-corrected chi connectivity index (χ2v) is 22.3. The molecule has 0 rings (SSSR count). The van der Waals surface area contributed by atoms with Crippen molar-refractivity contribution in [1.82, 2.24) is 0 Å². The zero-order valence-electron chi connectivity index (χ0n) is 20.3. The van der Waals surface area contributed by atoms with E-state index in [1.807, 2.05) is 6.92 Å². The lowest BCUT2D eigenvalue weighted by Gasteiger charge is -2.03. The average molecular weight is 778 g/mol. The number of hydrogen-bond acceptors (Lipinski definition) is 10. The van der Waals surface area contributed by atoms with Gasteiger partial charge in [-0.2, -0.15) is 0 Å². The Balaban J connectivity index is -0.000000133. The molecule has 0 aliphatic rings. The summed E-state index contributed by atoms with van der Waals surface area (Å²) in [7, 11) is -36.4. The van der Waals surface area contributed by atoms with Crippen LogP contribution in [0.3, 0.4) is 0 Å². The Kier molecular flexibility index (Phi) is 25.6. The molecule has 0 bridgehead atoms. The minimum absolute atomic E-state index is 0.162. The lowest BCUT2D eigenvalue weighted by molar-refractivity contribution is 0.352. The highest BCUT2D eigenvalue weighted by Gasteiger charge is 2.28. The quantitative estimate of drug-likeness (QED) is 0.101. The van der Waals surface area contributed by atoms with Gasteiger partial charge in [0.15, 0.2) is 23.6 Å². The van der Waals surface area contributed by atoms with Gasteiger partial charge in [-0.15, -0.1) is 0 Å². The summed E-state index contributed by atoms with van der Waals surface area (Å²) in [4.78, 5) is 128. The van der Waals surface area contributed by atoms with Crippen molar-refractivity contribution >= 4 is 60.8 Å². The molecule has 1 unspecified atom stereocenters. The van der Waals surface area contributed by atoms with Gasteiger partial charge in [0.2, 0.25) is 0 Å². The summed E-state index contributed by atoms with van der Waals surface area (Å²) in [6.07, 6.45) is 0. The second kappa shape index (κ2) is 20.3. The molecule has 1 atom stereocenters. The van der Waals surface area contributed by atoms with Gasteiger partial charge < -0.3 is 89.8 Å². The first-order valence-electron chi connectivity index (χ1n) is 8.92. The van der Waals surface area contributed by atoms with Gasteiger partial charge in [0.05, 0.1) is 0 Å². The van der Waals surface area contributed by atoms with Gasteiger partial charge >= 0.3 is 60.8 Å². The third-order valence-corrected chi connectivity index (χ3v) is 13.6. The van der Waals surface area contributed by atoms with Crippen LogP contribution in [0, 0.1) is 0 Å². The summed E-state index contributed by atoms with van der Waals surface area (Å²) in [5.41, 5.74) is 10.2. The summed E-state index contributed by atoms with van der Waals surface area (Å²) < 4.78 is 78.8. The molecule has 0 aromatic carbocycles. The van der Waals surface area contributed by atoms with E-state index >= 15 is 0 Å². The van der Waals surface area contributed by atoms with E-state index in [-0.39, 0.29) is 6.04 Å². The summed E-state index contributed by atoms with van der Waals surface area (Å²) in [6, 6.07) is 0.162. The lowest BCUT2D eigenvalue weighted by atomic mass is 10.4. The van der Waals surface area contributed by atoms with E-state index in [0.29, 0.717) is 6.54 Å². The zero-order valence-corrected chi connectivity index (χ0v) is 27.4. The molecule has 0 saturated carbocycles. The molecule has 0 aromatic heterocycles. The summed E-state index contributed by atoms with van der Waals surface area (Å²) in [5, 5.41) is 0. The van der Waals surface area contributed by atoms with Crippen molar-refractivity contribution in [2.75, 3.05) is 30.2 Å². The molecule has 34 heteroatoms. The molecular weight excluding hydrogens is 744 g/mol. The molecule has 0 saturated heterocycles. The summed E-state index contributed by atoms with van der Waals surface area (Å²) in [6.45, 7) is 2.46. The van der Waals surface area contributed by atoms with Gasteiger partial charge in [-0.1, -0.05) is 0 Å². The minimum Gasteiger partial charge on any atom is -0.329 e. The van der Waals surface area contributed by atoms with E-state index in [1.165, 1.54) is 0 Å². The van der Waals surface area contributed by atoms with Crippen LogP contribution in [0.5, 0.6) is 0 Å². The highest BCUT2D eigenvalue weighted by Crippen LogP contribution is 2.53. The molecule has 26 nitrogen and oxygen atoms in total. The molecule has 41 heavy (non-hydrogen) atoms. The van der Waals surface area contributed by atoms with E-state index in [2.05, 4.69) is 0 Å². The van der Waals surface area contributed by atoms with Crippen LogP contribution in [0.25, 0.3) is 0 Å². The Morgan fingerprint density at radius 3 is 0.463 bits per heavy atom. The molecule has 0 aliphatic heterocycles. The van der Waals surface area contributed by atoms with Crippen molar-refractivity contribution in [1.29, 1.82) is 0 Å². The monoisotopic (exact) mass is 778 g/mol. The second-order valence-electron chi connectivity index (χ2n) is 7.10. The van der Waals surface area contributed by atoms with Crippen molar-refractivity contribution in [3.8, 4) is 0 Å². The van der Waals surface area contributed by atoms with E-state index in [1.54, 1.807) is 0 Å². The maximum absolute atomic E-state index is 9.85. The van der Waals surface area contributed by atoms with Gasteiger partial charge in [-0.3, -0.25) is 36.5 Å². The van der Waals surface area contributed by atoms with Crippen LogP contribution in [-0.4, -0.2) is 114 Å². The van der Waals surface area contributed by atoms with Crippen LogP contribution in [0.1, 0.15) is 6.92 Å². The van der Waals surface area contributed by atoms with Gasteiger partial charge in [0.25, 0.3) is 0 Å². The molecule has 0 aliphatic carbocycles. The third kappa shape index (κ3) is 85.6. The fourth-order valence-corrected chi connectivity index (χ4v) is 8.64. The average Bonchev–Trinajstić information content (AvgIpc) is 2.41. The molecular formula is C7H34N2O24P8. The van der Waals surface area contributed by atoms with E-state index in [4.69, 9.17) is 89.8 Å². The van der Waals surface area contributed by atoms with Crippen LogP contribution < -0.4 is 11.5 Å². The van der Waals surface area contributed by atoms with Gasteiger partial charge in [0.1, 0.15) is 0 Å². The highest BCUT2D eigenvalue weighted by atomic mass is 31.3. The van der Waals surface area contributed by atoms with Crippen molar-refractivity contribution in [2.45, 2.75) is 13.0 Å². The van der Waals surface area contributed by atoms with Crippen LogP contribution in [0.2, 0.25) is 0 Å². The number of hydrogen-bond donors (Lipinski definition) is 18. The SMILES string of the molecule is CC(N)CN.O=P(O)(O)CP(=O)(O)O.O=P(O)(O)CP(=O)(O)O.O=P(O)(O)CP(=O)(O)O.O=P(O)(O)CP(=O)(O)O. The molecule has 0 aromatic rings. The molecule has 0 fully saturated rings. The Labute approximate surface area is 230 Å². The molecule has 0 radical (unpaired) electrons. The van der Waals surface area contributed by atoms with Crippen molar-refractivity contribution < 1.29 is 115 Å². The zero-order chi connectivity index (χ0) is 35.1. The van der Waals surface area contributed by atoms with Crippen molar-refractivity contribution in [2.24, 2.45) is 11.5 Å². The van der Waals surface area contributed by atoms with Gasteiger partial charge in [-0.05, 0) is 6.92 Å². The van der Waals surface area contributed by atoms with Crippen LogP contribution in [0.15, 0.2) is 0 Å². The largest absolute Gasteiger partial charge is 0.337 e. The highest BCUT2D eigenvalue weighted by molar-refractivity contribution is 7.70. The van der Waals surface area contributed by atoms with Crippen LogP contribution in [-0.2, 0) is 36.5 Å². The standard InChI is InChI=1S/C3H10N2.4CH6O6P2/c1-3(5)2-4;4*2-8(3,4)1-9(5,6)7/h3H,2,4-5H2,1H3;4*1H2,(H2,2,3,4)(H2,5,6,7). The minimum atomic E-state index is -4.55. The van der Waals surface area contributed by atoms with E-state index in [0.717, 1.165) is 0 Å². The topological polar surface area (TPSA) is 512 Å². The maximum atomic E-state index is 9.85. The van der Waals surface area contributed by atoms with Gasteiger partial charge in [0, 0.05) is 12.6 Å². The Morgan fingerprint density at radius 1 is 0.390 bits per heavy atom. The normalized spacial score (nSPS) is 13.9. The number of nitrogens with two attached hydrogens (primary N) is 2. The van der Waals surface area contributed by atoms with E-state index < -0.39 is 84.4 Å². The van der Waals surface area contributed by atoms with Crippen molar-refractivity contribution in [3.63, 3.8) is 0 Å². The lowest BCUT2D eigenvalue weighted by Crippen LogP contribution is -2.25. The molecule has 20 N–H and O–H groups in total. The summed E-state index contributed by atoms with van der Waals surface area (Å²) >= 11 is 0. The van der Waals surface area contributed by atoms with Crippen LogP contribution in [0.4, 0.5) is 0 Å². The number of rotatable bonds is 9. The summed E-state index contributed by atoms with van der Waals surface area (Å²) in [5.74, 6) is -5.50. The third-order valence-electron chi connectivity index (χ3n) is 1.85. The Hall–Kier alpha value is 1.12. The Bertz CT molecular complexity index is 855. The Morgan fingerprint density at radius 2 is 0.463 bits per heavy atom. The molecule has 256 valence electrons. The van der Waals surface area contributed by atoms with Crippen molar-refractivity contribution in [3.05, 3.63) is 0 Å². The molecule has 0 spiro atoms. The predicted octanol–water partition coefficient (Wildman–Crippen LogP) is -3.51.